The maximum atomic E-state index is 11.8. The molecule has 5 heteroatoms. The summed E-state index contributed by atoms with van der Waals surface area (Å²) < 4.78 is 5.26. The number of hydrogen-bond acceptors (Lipinski definition) is 3. The largest absolute Gasteiger partial charge is 0.381 e. The van der Waals surface area contributed by atoms with Gasteiger partial charge < -0.3 is 10.1 Å². The Morgan fingerprint density at radius 1 is 1.42 bits per heavy atom. The van der Waals surface area contributed by atoms with E-state index in [2.05, 4.69) is 5.32 Å². The first kappa shape index (κ1) is 14.7. The highest BCUT2D eigenvalue weighted by atomic mass is 35.5. The summed E-state index contributed by atoms with van der Waals surface area (Å²) in [6, 6.07) is 8.03. The first-order valence-corrected chi connectivity index (χ1v) is 7.96. The first-order chi connectivity index (χ1) is 9.24. The van der Waals surface area contributed by atoms with Crippen LogP contribution >= 0.6 is 23.4 Å². The van der Waals surface area contributed by atoms with Crippen LogP contribution in [0.3, 0.4) is 0 Å². The zero-order valence-electron chi connectivity index (χ0n) is 10.7. The van der Waals surface area contributed by atoms with Crippen LogP contribution in [0, 0.1) is 0 Å². The van der Waals surface area contributed by atoms with Gasteiger partial charge in [-0.3, -0.25) is 4.79 Å². The van der Waals surface area contributed by atoms with Crippen LogP contribution in [-0.4, -0.2) is 30.9 Å². The van der Waals surface area contributed by atoms with E-state index < -0.39 is 0 Å². The first-order valence-electron chi connectivity index (χ1n) is 6.43. The maximum absolute atomic E-state index is 11.8. The number of halogens is 1. The number of hydrogen-bond donors (Lipinski definition) is 1. The molecule has 104 valence electrons. The molecule has 1 aromatic rings. The van der Waals surface area contributed by atoms with E-state index in [1.807, 2.05) is 24.3 Å². The molecule has 0 aliphatic carbocycles. The molecule has 1 heterocycles. The highest BCUT2D eigenvalue weighted by molar-refractivity contribution is 7.99. The molecule has 0 saturated carbocycles. The highest BCUT2D eigenvalue weighted by Gasteiger charge is 2.15. The van der Waals surface area contributed by atoms with Gasteiger partial charge in [0.15, 0.2) is 0 Å². The van der Waals surface area contributed by atoms with Crippen LogP contribution < -0.4 is 5.32 Å². The Bertz CT molecular complexity index is 422. The molecule has 19 heavy (non-hydrogen) atoms. The van der Waals surface area contributed by atoms with E-state index in [0.717, 1.165) is 42.4 Å². The second kappa shape index (κ2) is 7.78. The molecule has 0 aromatic heterocycles. The molecule has 0 spiro atoms. The smallest absolute Gasteiger partial charge is 0.230 e. The Balaban J connectivity index is 1.66. The Morgan fingerprint density at radius 2 is 2.21 bits per heavy atom. The van der Waals surface area contributed by atoms with Crippen LogP contribution in [0.5, 0.6) is 0 Å². The molecule has 1 aliphatic heterocycles. The van der Waals surface area contributed by atoms with Gasteiger partial charge in [0.1, 0.15) is 0 Å². The molecule has 1 saturated heterocycles. The second-order valence-corrected chi connectivity index (χ2v) is 6.00. The van der Waals surface area contributed by atoms with Crippen molar-refractivity contribution in [3.8, 4) is 0 Å². The number of carbonyl (C=O) groups is 1. The minimum atomic E-state index is 0.110. The lowest BCUT2D eigenvalue weighted by molar-refractivity contribution is -0.119. The van der Waals surface area contributed by atoms with Crippen molar-refractivity contribution in [3.05, 3.63) is 34.9 Å². The fourth-order valence-corrected chi connectivity index (χ4v) is 3.00. The minimum Gasteiger partial charge on any atom is -0.381 e. The summed E-state index contributed by atoms with van der Waals surface area (Å²) in [6.45, 7) is 1.50. The minimum absolute atomic E-state index is 0.110. The van der Waals surface area contributed by atoms with Crippen molar-refractivity contribution < 1.29 is 9.53 Å². The molecule has 0 atom stereocenters. The third-order valence-corrected chi connectivity index (χ3v) is 4.22. The summed E-state index contributed by atoms with van der Waals surface area (Å²) in [7, 11) is 0. The summed E-state index contributed by atoms with van der Waals surface area (Å²) in [5, 5.41) is 3.79. The van der Waals surface area contributed by atoms with Gasteiger partial charge in [-0.2, -0.15) is 0 Å². The zero-order chi connectivity index (χ0) is 13.5. The number of benzene rings is 1. The molecule has 1 amide bonds. The molecule has 0 bridgehead atoms. The normalized spacial score (nSPS) is 16.3. The lowest BCUT2D eigenvalue weighted by atomic mass is 10.1. The maximum Gasteiger partial charge on any atom is 0.230 e. The van der Waals surface area contributed by atoms with Crippen molar-refractivity contribution in [2.45, 2.75) is 24.6 Å². The van der Waals surface area contributed by atoms with E-state index in [4.69, 9.17) is 16.3 Å². The van der Waals surface area contributed by atoms with Crippen molar-refractivity contribution in [1.82, 2.24) is 5.32 Å². The predicted octanol–water partition coefficient (Wildman–Crippen LogP) is 2.87. The van der Waals surface area contributed by atoms with Crippen LogP contribution in [0.4, 0.5) is 0 Å². The van der Waals surface area contributed by atoms with Crippen molar-refractivity contribution >= 4 is 29.3 Å². The van der Waals surface area contributed by atoms with Gasteiger partial charge in [0.05, 0.1) is 5.75 Å². The van der Waals surface area contributed by atoms with Gasteiger partial charge in [-0.15, -0.1) is 11.8 Å². The standard InChI is InChI=1S/C14H18ClNO2S/c15-12-3-1-2-11(8-12)9-19-10-14(17)16-13-4-6-18-7-5-13/h1-3,8,13H,4-7,9-10H2,(H,16,17). The summed E-state index contributed by atoms with van der Waals surface area (Å²) in [4.78, 5) is 11.8. The molecule has 2 rings (SSSR count). The Hall–Kier alpha value is -0.710. The zero-order valence-corrected chi connectivity index (χ0v) is 12.3. The summed E-state index contributed by atoms with van der Waals surface area (Å²) in [5.41, 5.74) is 1.15. The monoisotopic (exact) mass is 299 g/mol. The highest BCUT2D eigenvalue weighted by Crippen LogP contribution is 2.16. The fraction of sp³-hybridized carbons (Fsp3) is 0.500. The van der Waals surface area contributed by atoms with E-state index in [-0.39, 0.29) is 11.9 Å². The van der Waals surface area contributed by atoms with Crippen molar-refractivity contribution in [1.29, 1.82) is 0 Å². The SMILES string of the molecule is O=C(CSCc1cccc(Cl)c1)NC1CCOCC1. The van der Waals surface area contributed by atoms with Gasteiger partial charge in [-0.25, -0.2) is 0 Å². The number of nitrogens with one attached hydrogen (secondary N) is 1. The van der Waals surface area contributed by atoms with Gasteiger partial charge in [0.2, 0.25) is 5.91 Å². The lowest BCUT2D eigenvalue weighted by Gasteiger charge is -2.23. The quantitative estimate of drug-likeness (QED) is 0.908. The van der Waals surface area contributed by atoms with Gasteiger partial charge in [0, 0.05) is 30.0 Å². The predicted molar refractivity (Wildman–Crippen MR) is 79.6 cm³/mol. The van der Waals surface area contributed by atoms with Crippen molar-refractivity contribution in [2.75, 3.05) is 19.0 Å². The second-order valence-electron chi connectivity index (χ2n) is 4.58. The van der Waals surface area contributed by atoms with Crippen LogP contribution in [-0.2, 0) is 15.3 Å². The van der Waals surface area contributed by atoms with E-state index in [0.29, 0.717) is 5.75 Å². The van der Waals surface area contributed by atoms with E-state index in [9.17, 15) is 4.79 Å². The van der Waals surface area contributed by atoms with E-state index in [1.165, 1.54) is 0 Å². The summed E-state index contributed by atoms with van der Waals surface area (Å²) >= 11 is 7.52. The molecule has 0 unspecified atom stereocenters. The third kappa shape index (κ3) is 5.43. The number of ether oxygens (including phenoxy) is 1. The molecule has 1 fully saturated rings. The average Bonchev–Trinajstić information content (AvgIpc) is 2.40. The Morgan fingerprint density at radius 3 is 2.95 bits per heavy atom. The Labute approximate surface area is 123 Å². The van der Waals surface area contributed by atoms with Gasteiger partial charge >= 0.3 is 0 Å². The fourth-order valence-electron chi connectivity index (χ4n) is 2.00. The Kier molecular flexibility index (Phi) is 6.01. The topological polar surface area (TPSA) is 38.3 Å². The van der Waals surface area contributed by atoms with E-state index in [1.54, 1.807) is 11.8 Å². The number of thioether (sulfide) groups is 1. The molecular weight excluding hydrogens is 282 g/mol. The number of carbonyl (C=O) groups excluding carboxylic acids is 1. The molecule has 0 radical (unpaired) electrons. The number of amides is 1. The van der Waals surface area contributed by atoms with Crippen LogP contribution in [0.15, 0.2) is 24.3 Å². The third-order valence-electron chi connectivity index (χ3n) is 2.98. The van der Waals surface area contributed by atoms with E-state index >= 15 is 0 Å². The average molecular weight is 300 g/mol. The molecular formula is C14H18ClNO2S. The lowest BCUT2D eigenvalue weighted by Crippen LogP contribution is -2.39. The van der Waals surface area contributed by atoms with Gasteiger partial charge in [-0.05, 0) is 30.5 Å². The summed E-state index contributed by atoms with van der Waals surface area (Å²) in [6.07, 6.45) is 1.84. The van der Waals surface area contributed by atoms with Crippen LogP contribution in [0.2, 0.25) is 5.02 Å². The molecule has 1 aromatic carbocycles. The number of rotatable bonds is 5. The van der Waals surface area contributed by atoms with Gasteiger partial charge in [-0.1, -0.05) is 23.7 Å². The van der Waals surface area contributed by atoms with Crippen molar-refractivity contribution in [2.24, 2.45) is 0 Å². The molecule has 3 nitrogen and oxygen atoms in total. The van der Waals surface area contributed by atoms with Crippen LogP contribution in [0.25, 0.3) is 0 Å². The molecule has 1 aliphatic rings. The van der Waals surface area contributed by atoms with Crippen molar-refractivity contribution in [3.63, 3.8) is 0 Å². The molecule has 1 N–H and O–H groups in total. The van der Waals surface area contributed by atoms with Gasteiger partial charge in [0.25, 0.3) is 0 Å². The van der Waals surface area contributed by atoms with Crippen LogP contribution in [0.1, 0.15) is 18.4 Å². The summed E-state index contributed by atoms with van der Waals surface area (Å²) in [5.74, 6) is 1.41.